The van der Waals surface area contributed by atoms with E-state index in [0.29, 0.717) is 72.2 Å². The molecular formula is C29H34F4N4O3S. The van der Waals surface area contributed by atoms with Gasteiger partial charge in [0.2, 0.25) is 5.91 Å². The number of pyridine rings is 1. The van der Waals surface area contributed by atoms with E-state index in [1.165, 1.54) is 0 Å². The summed E-state index contributed by atoms with van der Waals surface area (Å²) in [5, 5.41) is 10.1. The molecule has 1 atom stereocenters. The number of anilines is 1. The number of likely N-dealkylation sites (tertiary alicyclic amines) is 1. The SMILES string of the molecule is COc1ccc2ncc(N(C)C)c([C@H](F)CCC3(C(=O)NO)CCN(CCSc4cc(F)cc(F)c4F)CC3)c2c1. The van der Waals surface area contributed by atoms with Gasteiger partial charge >= 0.3 is 0 Å². The van der Waals surface area contributed by atoms with Gasteiger partial charge in [-0.3, -0.25) is 15.0 Å². The minimum absolute atomic E-state index is 0.0465. The average molecular weight is 595 g/mol. The molecule has 3 aromatic rings. The van der Waals surface area contributed by atoms with E-state index >= 15 is 4.39 Å². The van der Waals surface area contributed by atoms with Gasteiger partial charge in [0.1, 0.15) is 17.7 Å². The number of benzene rings is 2. The van der Waals surface area contributed by atoms with Crippen LogP contribution in [0.25, 0.3) is 10.9 Å². The molecule has 0 spiro atoms. The van der Waals surface area contributed by atoms with Crippen LogP contribution in [0.3, 0.4) is 0 Å². The highest BCUT2D eigenvalue weighted by Crippen LogP contribution is 2.43. The van der Waals surface area contributed by atoms with Crippen molar-refractivity contribution < 1.29 is 32.3 Å². The number of nitrogens with zero attached hydrogens (tertiary/aromatic N) is 3. The third-order valence-corrected chi connectivity index (χ3v) is 8.78. The van der Waals surface area contributed by atoms with Crippen molar-refractivity contribution in [2.24, 2.45) is 5.41 Å². The van der Waals surface area contributed by atoms with Crippen LogP contribution in [0.15, 0.2) is 41.4 Å². The summed E-state index contributed by atoms with van der Waals surface area (Å²) < 4.78 is 62.4. The molecule has 0 unspecified atom stereocenters. The van der Waals surface area contributed by atoms with Crippen LogP contribution in [-0.2, 0) is 4.79 Å². The van der Waals surface area contributed by atoms with E-state index in [1.54, 1.807) is 41.9 Å². The fourth-order valence-electron chi connectivity index (χ4n) is 5.38. The van der Waals surface area contributed by atoms with Crippen LogP contribution in [0, 0.1) is 22.9 Å². The zero-order valence-corrected chi connectivity index (χ0v) is 24.0. The largest absolute Gasteiger partial charge is 0.497 e. The van der Waals surface area contributed by atoms with Crippen molar-refractivity contribution in [1.29, 1.82) is 0 Å². The Morgan fingerprint density at radius 1 is 1.22 bits per heavy atom. The summed E-state index contributed by atoms with van der Waals surface area (Å²) in [7, 11) is 5.17. The van der Waals surface area contributed by atoms with Gasteiger partial charge in [-0.25, -0.2) is 23.0 Å². The summed E-state index contributed by atoms with van der Waals surface area (Å²) in [6.45, 7) is 1.48. The van der Waals surface area contributed by atoms with Crippen molar-refractivity contribution in [3.05, 3.63) is 59.5 Å². The first kappa shape index (κ1) is 30.9. The third kappa shape index (κ3) is 6.87. The number of carbonyl (C=O) groups excluding carboxylic acids is 1. The van der Waals surface area contributed by atoms with E-state index < -0.39 is 34.9 Å². The van der Waals surface area contributed by atoms with Crippen molar-refractivity contribution >= 4 is 34.3 Å². The molecule has 0 radical (unpaired) electrons. The number of fused-ring (bicyclic) bond motifs is 1. The second-order valence-corrected chi connectivity index (χ2v) is 11.6. The van der Waals surface area contributed by atoms with Crippen LogP contribution in [0.2, 0.25) is 0 Å². The number of rotatable bonds is 11. The molecule has 1 amide bonds. The Hall–Kier alpha value is -3.09. The molecule has 4 rings (SSSR count). The maximum absolute atomic E-state index is 16.1. The molecule has 41 heavy (non-hydrogen) atoms. The second kappa shape index (κ2) is 13.3. The Morgan fingerprint density at radius 2 is 1.95 bits per heavy atom. The normalized spacial score (nSPS) is 16.0. The summed E-state index contributed by atoms with van der Waals surface area (Å²) in [6, 6.07) is 6.77. The Labute approximate surface area is 240 Å². The molecule has 1 aromatic heterocycles. The number of piperidine rings is 1. The predicted molar refractivity (Wildman–Crippen MR) is 151 cm³/mol. The lowest BCUT2D eigenvalue weighted by Crippen LogP contribution is -2.48. The number of hydrogen-bond acceptors (Lipinski definition) is 7. The van der Waals surface area contributed by atoms with Gasteiger partial charge in [-0.1, -0.05) is 0 Å². The zero-order valence-electron chi connectivity index (χ0n) is 23.2. The van der Waals surface area contributed by atoms with Gasteiger partial charge in [-0.05, 0) is 63.0 Å². The Bertz CT molecular complexity index is 1390. The number of alkyl halides is 1. The van der Waals surface area contributed by atoms with Crippen LogP contribution in [0.4, 0.5) is 23.2 Å². The number of aromatic nitrogens is 1. The fraction of sp³-hybridized carbons (Fsp3) is 0.448. The highest BCUT2D eigenvalue weighted by atomic mass is 32.2. The topological polar surface area (TPSA) is 77.9 Å². The van der Waals surface area contributed by atoms with E-state index in [9.17, 15) is 23.2 Å². The van der Waals surface area contributed by atoms with E-state index in [1.807, 2.05) is 14.1 Å². The van der Waals surface area contributed by atoms with Gasteiger partial charge in [0.25, 0.3) is 0 Å². The number of methoxy groups -OCH3 is 1. The van der Waals surface area contributed by atoms with Crippen molar-refractivity contribution in [3.8, 4) is 5.75 Å². The highest BCUT2D eigenvalue weighted by molar-refractivity contribution is 7.99. The van der Waals surface area contributed by atoms with Crippen molar-refractivity contribution in [1.82, 2.24) is 15.4 Å². The maximum Gasteiger partial charge on any atom is 0.249 e. The lowest BCUT2D eigenvalue weighted by molar-refractivity contribution is -0.143. The Kier molecular flexibility index (Phi) is 9.98. The molecule has 2 aromatic carbocycles. The molecule has 2 heterocycles. The number of carbonyl (C=O) groups is 1. The molecule has 0 bridgehead atoms. The van der Waals surface area contributed by atoms with E-state index in [2.05, 4.69) is 9.88 Å². The molecule has 0 saturated carbocycles. The van der Waals surface area contributed by atoms with Gasteiger partial charge in [-0.15, -0.1) is 11.8 Å². The van der Waals surface area contributed by atoms with E-state index in [0.717, 1.165) is 17.8 Å². The molecule has 1 aliphatic rings. The number of hydrogen-bond donors (Lipinski definition) is 2. The van der Waals surface area contributed by atoms with Crippen LogP contribution in [-0.4, -0.2) is 67.6 Å². The molecular weight excluding hydrogens is 560 g/mol. The Morgan fingerprint density at radius 3 is 2.61 bits per heavy atom. The minimum atomic E-state index is -1.41. The van der Waals surface area contributed by atoms with Gasteiger partial charge in [0.05, 0.1) is 29.9 Å². The quantitative estimate of drug-likeness (QED) is 0.0942. The van der Waals surface area contributed by atoms with Crippen molar-refractivity contribution in [2.45, 2.75) is 36.8 Å². The number of amides is 1. The average Bonchev–Trinajstić information content (AvgIpc) is 2.97. The zero-order chi connectivity index (χ0) is 29.7. The third-order valence-electron chi connectivity index (χ3n) is 7.79. The highest BCUT2D eigenvalue weighted by Gasteiger charge is 2.41. The first-order valence-corrected chi connectivity index (χ1v) is 14.3. The number of halogens is 4. The summed E-state index contributed by atoms with van der Waals surface area (Å²) in [6.07, 6.45) is 1.23. The van der Waals surface area contributed by atoms with E-state index in [-0.39, 0.29) is 17.7 Å². The predicted octanol–water partition coefficient (Wildman–Crippen LogP) is 5.90. The number of thioether (sulfide) groups is 1. The fourth-order valence-corrected chi connectivity index (χ4v) is 6.37. The lowest BCUT2D eigenvalue weighted by atomic mass is 9.73. The number of ether oxygens (including phenoxy) is 1. The van der Waals surface area contributed by atoms with Crippen molar-refractivity contribution in [3.63, 3.8) is 0 Å². The maximum atomic E-state index is 16.1. The van der Waals surface area contributed by atoms with E-state index in [4.69, 9.17) is 4.74 Å². The van der Waals surface area contributed by atoms with Gasteiger partial charge in [0, 0.05) is 48.3 Å². The van der Waals surface area contributed by atoms with Crippen LogP contribution >= 0.6 is 11.8 Å². The summed E-state index contributed by atoms with van der Waals surface area (Å²) >= 11 is 1.02. The smallest absolute Gasteiger partial charge is 0.249 e. The molecule has 12 heteroatoms. The molecule has 1 saturated heterocycles. The van der Waals surface area contributed by atoms with Gasteiger partial charge in [-0.2, -0.15) is 0 Å². The first-order chi connectivity index (χ1) is 19.6. The van der Waals surface area contributed by atoms with Crippen LogP contribution in [0.5, 0.6) is 5.75 Å². The molecule has 7 nitrogen and oxygen atoms in total. The first-order valence-electron chi connectivity index (χ1n) is 13.3. The van der Waals surface area contributed by atoms with Gasteiger partial charge in [0.15, 0.2) is 11.6 Å². The number of nitrogens with one attached hydrogen (secondary N) is 1. The van der Waals surface area contributed by atoms with Crippen molar-refractivity contribution in [2.75, 3.05) is 51.5 Å². The monoisotopic (exact) mass is 594 g/mol. The summed E-state index contributed by atoms with van der Waals surface area (Å²) in [5.74, 6) is -2.73. The molecule has 1 fully saturated rings. The molecule has 1 aliphatic heterocycles. The second-order valence-electron chi connectivity index (χ2n) is 10.5. The van der Waals surface area contributed by atoms with Gasteiger partial charge < -0.3 is 14.5 Å². The standard InChI is InChI=1S/C29H34F4N4O3S/c1-36(2)24-17-34-23-5-4-19(40-3)16-20(23)26(24)21(31)6-7-29(28(38)35-39)8-10-37(11-9-29)12-13-41-25-15-18(30)14-22(32)27(25)33/h4-5,14-17,21,39H,6-13H2,1-3H3,(H,35,38)/t21-/m1/s1. The number of hydroxylamine groups is 1. The molecule has 2 N–H and O–H groups in total. The summed E-state index contributed by atoms with van der Waals surface area (Å²) in [4.78, 5) is 21.1. The minimum Gasteiger partial charge on any atom is -0.497 e. The van der Waals surface area contributed by atoms with Crippen LogP contribution < -0.4 is 15.1 Å². The Balaban J connectivity index is 1.44. The summed E-state index contributed by atoms with van der Waals surface area (Å²) in [5.41, 5.74) is 2.53. The lowest BCUT2D eigenvalue weighted by Gasteiger charge is -2.40. The van der Waals surface area contributed by atoms with Crippen LogP contribution in [0.1, 0.15) is 37.4 Å². The molecule has 222 valence electrons. The molecule has 0 aliphatic carbocycles.